The molecule has 1 fully saturated rings. The van der Waals surface area contributed by atoms with E-state index in [2.05, 4.69) is 15.8 Å². The molecule has 27 heavy (non-hydrogen) atoms. The van der Waals surface area contributed by atoms with E-state index in [1.54, 1.807) is 13.8 Å². The number of rotatable bonds is 5. The average molecular weight is 373 g/mol. The molecule has 0 saturated heterocycles. The molecule has 1 aromatic carbocycles. The summed E-state index contributed by atoms with van der Waals surface area (Å²) in [7, 11) is 0. The Morgan fingerprint density at radius 1 is 1.19 bits per heavy atom. The maximum Gasteiger partial charge on any atom is 0.229 e. The number of hydrogen-bond acceptors (Lipinski definition) is 4. The van der Waals surface area contributed by atoms with Crippen LogP contribution in [0.15, 0.2) is 22.7 Å². The van der Waals surface area contributed by atoms with Gasteiger partial charge in [0, 0.05) is 17.2 Å². The van der Waals surface area contributed by atoms with Crippen molar-refractivity contribution in [2.75, 3.05) is 10.6 Å². The Kier molecular flexibility index (Phi) is 5.88. The summed E-state index contributed by atoms with van der Waals surface area (Å²) >= 11 is 0. The van der Waals surface area contributed by atoms with Crippen LogP contribution in [-0.4, -0.2) is 17.0 Å². The van der Waals surface area contributed by atoms with Gasteiger partial charge >= 0.3 is 0 Å². The second-order valence-electron chi connectivity index (χ2n) is 7.05. The Bertz CT molecular complexity index is 821. The van der Waals surface area contributed by atoms with E-state index in [4.69, 9.17) is 4.52 Å². The second kappa shape index (κ2) is 8.33. The summed E-state index contributed by atoms with van der Waals surface area (Å²) in [4.78, 5) is 24.6. The highest BCUT2D eigenvalue weighted by Gasteiger charge is 2.22. The minimum atomic E-state index is -0.525. The Hall–Kier alpha value is -2.70. The molecule has 1 aromatic heterocycles. The molecule has 2 N–H and O–H groups in total. The molecule has 1 aliphatic carbocycles. The van der Waals surface area contributed by atoms with Crippen molar-refractivity contribution in [3.8, 4) is 0 Å². The van der Waals surface area contributed by atoms with Crippen LogP contribution >= 0.6 is 0 Å². The molecular formula is C20H24FN3O3. The lowest BCUT2D eigenvalue weighted by Crippen LogP contribution is -2.25. The zero-order valence-electron chi connectivity index (χ0n) is 15.6. The van der Waals surface area contributed by atoms with E-state index in [1.807, 2.05) is 0 Å². The maximum absolute atomic E-state index is 14.1. The highest BCUT2D eigenvalue weighted by atomic mass is 19.1. The molecule has 1 saturated carbocycles. The molecule has 3 rings (SSSR count). The molecule has 0 radical (unpaired) electrons. The van der Waals surface area contributed by atoms with Crippen molar-refractivity contribution in [3.63, 3.8) is 0 Å². The van der Waals surface area contributed by atoms with Gasteiger partial charge < -0.3 is 15.2 Å². The molecule has 2 aromatic rings. The van der Waals surface area contributed by atoms with Crippen LogP contribution < -0.4 is 10.6 Å². The normalized spacial score (nSPS) is 14.8. The predicted molar refractivity (Wildman–Crippen MR) is 99.9 cm³/mol. The van der Waals surface area contributed by atoms with Crippen molar-refractivity contribution < 1.29 is 18.5 Å². The van der Waals surface area contributed by atoms with Gasteiger partial charge in [-0.15, -0.1) is 0 Å². The maximum atomic E-state index is 14.1. The molecular weight excluding hydrogens is 349 g/mol. The summed E-state index contributed by atoms with van der Waals surface area (Å²) in [6, 6.07) is 4.15. The number of carbonyl (C=O) groups excluding carboxylic acids is 2. The third kappa shape index (κ3) is 4.72. The number of nitrogens with one attached hydrogen (secondary N) is 2. The predicted octanol–water partition coefficient (Wildman–Crippen LogP) is 4.13. The van der Waals surface area contributed by atoms with Crippen molar-refractivity contribution in [2.24, 2.45) is 5.92 Å². The summed E-state index contributed by atoms with van der Waals surface area (Å²) in [5.74, 6) is -0.422. The van der Waals surface area contributed by atoms with Crippen LogP contribution in [0.4, 0.5) is 15.8 Å². The van der Waals surface area contributed by atoms with Crippen molar-refractivity contribution in [3.05, 3.63) is 41.0 Å². The van der Waals surface area contributed by atoms with Gasteiger partial charge in [0.15, 0.2) is 0 Å². The minimum absolute atomic E-state index is 0.0732. The van der Waals surface area contributed by atoms with Gasteiger partial charge in [-0.25, -0.2) is 4.39 Å². The summed E-state index contributed by atoms with van der Waals surface area (Å²) in [6.07, 6.45) is 4.98. The quantitative estimate of drug-likeness (QED) is 0.825. The number of hydrogen-bond donors (Lipinski definition) is 2. The number of carbonyl (C=O) groups is 2. The standard InChI is InChI=1S/C20H24FN3O3/c1-12-16(13(2)27-24-12)11-19(25)22-15-8-9-17(21)18(10-15)23-20(26)14-6-4-3-5-7-14/h8-10,14H,3-7,11H2,1-2H3,(H,22,25)(H,23,26). The molecule has 144 valence electrons. The zero-order valence-corrected chi connectivity index (χ0v) is 15.6. The molecule has 7 heteroatoms. The fourth-order valence-electron chi connectivity index (χ4n) is 3.42. The topological polar surface area (TPSA) is 84.2 Å². The molecule has 1 aliphatic rings. The van der Waals surface area contributed by atoms with E-state index in [0.717, 1.165) is 37.7 Å². The molecule has 6 nitrogen and oxygen atoms in total. The zero-order chi connectivity index (χ0) is 19.4. The molecule has 0 spiro atoms. The van der Waals surface area contributed by atoms with Crippen LogP contribution in [0.5, 0.6) is 0 Å². The minimum Gasteiger partial charge on any atom is -0.361 e. The molecule has 0 unspecified atom stereocenters. The van der Waals surface area contributed by atoms with E-state index in [-0.39, 0.29) is 29.8 Å². The van der Waals surface area contributed by atoms with E-state index in [9.17, 15) is 14.0 Å². The SMILES string of the molecule is Cc1noc(C)c1CC(=O)Nc1ccc(F)c(NC(=O)C2CCCCC2)c1. The first-order chi connectivity index (χ1) is 12.9. The monoisotopic (exact) mass is 373 g/mol. The third-order valence-electron chi connectivity index (χ3n) is 5.00. The van der Waals surface area contributed by atoms with Crippen molar-refractivity contribution in [1.29, 1.82) is 0 Å². The molecule has 0 bridgehead atoms. The Balaban J connectivity index is 1.65. The van der Waals surface area contributed by atoms with Crippen LogP contribution in [-0.2, 0) is 16.0 Å². The van der Waals surface area contributed by atoms with Crippen LogP contribution in [0.25, 0.3) is 0 Å². The molecule has 0 aliphatic heterocycles. The first kappa shape index (κ1) is 19.1. The van der Waals surface area contributed by atoms with Gasteiger partial charge in [-0.1, -0.05) is 24.4 Å². The van der Waals surface area contributed by atoms with Crippen LogP contribution in [0.3, 0.4) is 0 Å². The Morgan fingerprint density at radius 3 is 2.59 bits per heavy atom. The number of amides is 2. The lowest BCUT2D eigenvalue weighted by Gasteiger charge is -2.21. The van der Waals surface area contributed by atoms with E-state index < -0.39 is 5.82 Å². The van der Waals surface area contributed by atoms with Crippen LogP contribution in [0.2, 0.25) is 0 Å². The lowest BCUT2D eigenvalue weighted by atomic mass is 9.88. The number of benzene rings is 1. The van der Waals surface area contributed by atoms with Gasteiger partial charge in [-0.2, -0.15) is 0 Å². The number of aryl methyl sites for hydroxylation is 2. The lowest BCUT2D eigenvalue weighted by molar-refractivity contribution is -0.120. The van der Waals surface area contributed by atoms with E-state index in [1.165, 1.54) is 18.2 Å². The first-order valence-electron chi connectivity index (χ1n) is 9.26. The van der Waals surface area contributed by atoms with Crippen molar-refractivity contribution in [1.82, 2.24) is 5.16 Å². The number of anilines is 2. The molecule has 0 atom stereocenters. The highest BCUT2D eigenvalue weighted by molar-refractivity contribution is 5.95. The van der Waals surface area contributed by atoms with Gasteiger partial charge in [0.25, 0.3) is 0 Å². The smallest absolute Gasteiger partial charge is 0.229 e. The summed E-state index contributed by atoms with van der Waals surface area (Å²) < 4.78 is 19.2. The average Bonchev–Trinajstić information content (AvgIpc) is 2.97. The fourth-order valence-corrected chi connectivity index (χ4v) is 3.42. The van der Waals surface area contributed by atoms with Gasteiger partial charge in [-0.05, 0) is 44.9 Å². The second-order valence-corrected chi connectivity index (χ2v) is 7.05. The fraction of sp³-hybridized carbons (Fsp3) is 0.450. The van der Waals surface area contributed by atoms with E-state index in [0.29, 0.717) is 17.1 Å². The third-order valence-corrected chi connectivity index (χ3v) is 5.00. The summed E-state index contributed by atoms with van der Waals surface area (Å²) in [5, 5.41) is 9.22. The number of aromatic nitrogens is 1. The van der Waals surface area contributed by atoms with Crippen LogP contribution in [0, 0.1) is 25.6 Å². The van der Waals surface area contributed by atoms with Crippen molar-refractivity contribution >= 4 is 23.2 Å². The van der Waals surface area contributed by atoms with Crippen LogP contribution in [0.1, 0.15) is 49.1 Å². The first-order valence-corrected chi connectivity index (χ1v) is 9.26. The summed E-state index contributed by atoms with van der Waals surface area (Å²) in [5.41, 5.74) is 1.91. The van der Waals surface area contributed by atoms with E-state index >= 15 is 0 Å². The number of nitrogens with zero attached hydrogens (tertiary/aromatic N) is 1. The van der Waals surface area contributed by atoms with Gasteiger partial charge in [0.2, 0.25) is 11.8 Å². The molecule has 2 amide bonds. The number of halogens is 1. The highest BCUT2D eigenvalue weighted by Crippen LogP contribution is 2.26. The van der Waals surface area contributed by atoms with Gasteiger partial charge in [0.1, 0.15) is 11.6 Å². The Labute approximate surface area is 157 Å². The van der Waals surface area contributed by atoms with Gasteiger partial charge in [-0.3, -0.25) is 9.59 Å². The Morgan fingerprint density at radius 2 is 1.93 bits per heavy atom. The van der Waals surface area contributed by atoms with Gasteiger partial charge in [0.05, 0.1) is 17.8 Å². The molecule has 1 heterocycles. The largest absolute Gasteiger partial charge is 0.361 e. The summed E-state index contributed by atoms with van der Waals surface area (Å²) in [6.45, 7) is 3.52. The van der Waals surface area contributed by atoms with Crippen molar-refractivity contribution in [2.45, 2.75) is 52.4 Å².